The molecule has 30 heavy (non-hydrogen) atoms. The molecule has 1 saturated heterocycles. The number of nitrogens with one attached hydrogen (secondary N) is 1. The van der Waals surface area contributed by atoms with E-state index in [1.807, 2.05) is 49.1 Å². The molecule has 2 amide bonds. The number of carbonyl (C=O) groups is 2. The molecule has 0 aromatic heterocycles. The molecule has 4 rings (SSSR count). The van der Waals surface area contributed by atoms with Crippen LogP contribution in [0.3, 0.4) is 0 Å². The van der Waals surface area contributed by atoms with E-state index in [1.54, 1.807) is 0 Å². The highest BCUT2D eigenvalue weighted by Gasteiger charge is 2.46. The van der Waals surface area contributed by atoms with E-state index in [9.17, 15) is 9.59 Å². The molecule has 2 aliphatic rings. The minimum atomic E-state index is -0.427. The zero-order chi connectivity index (χ0) is 21.3. The van der Waals surface area contributed by atoms with E-state index in [0.29, 0.717) is 0 Å². The van der Waals surface area contributed by atoms with Gasteiger partial charge in [0.2, 0.25) is 11.8 Å². The van der Waals surface area contributed by atoms with Crippen LogP contribution < -0.4 is 5.32 Å². The Bertz CT molecular complexity index is 976. The Kier molecular flexibility index (Phi) is 5.95. The molecule has 1 saturated carbocycles. The highest BCUT2D eigenvalue weighted by molar-refractivity contribution is 8.15. The van der Waals surface area contributed by atoms with Crippen molar-refractivity contribution < 1.29 is 9.59 Å². The van der Waals surface area contributed by atoms with Gasteiger partial charge in [-0.3, -0.25) is 14.5 Å². The molecule has 1 N–H and O–H groups in total. The average Bonchev–Trinajstić information content (AvgIpc) is 3.51. The lowest BCUT2D eigenvalue weighted by molar-refractivity contribution is -0.128. The minimum Gasteiger partial charge on any atom is -0.326 e. The number of hydrogen-bond acceptors (Lipinski definition) is 4. The molecule has 0 spiro atoms. The molecule has 1 aliphatic carbocycles. The highest BCUT2D eigenvalue weighted by Crippen LogP contribution is 2.39. The second-order valence-corrected chi connectivity index (χ2v) is 9.15. The maximum Gasteiger partial charge on any atom is 0.242 e. The van der Waals surface area contributed by atoms with Gasteiger partial charge in [0, 0.05) is 18.2 Å². The Labute approximate surface area is 182 Å². The summed E-state index contributed by atoms with van der Waals surface area (Å²) in [6.07, 6.45) is 3.13. The zero-order valence-electron chi connectivity index (χ0n) is 17.6. The van der Waals surface area contributed by atoms with E-state index >= 15 is 0 Å². The molecule has 1 heterocycles. The zero-order valence-corrected chi connectivity index (χ0v) is 18.5. The second-order valence-electron chi connectivity index (χ2n) is 7.98. The third kappa shape index (κ3) is 4.43. The van der Waals surface area contributed by atoms with Gasteiger partial charge in [0.1, 0.15) is 5.25 Å². The van der Waals surface area contributed by atoms with Crippen molar-refractivity contribution in [3.63, 3.8) is 0 Å². The number of anilines is 1. The van der Waals surface area contributed by atoms with Crippen LogP contribution >= 0.6 is 11.8 Å². The fourth-order valence-electron chi connectivity index (χ4n) is 3.65. The topological polar surface area (TPSA) is 61.8 Å². The lowest BCUT2D eigenvalue weighted by atomic mass is 10.1. The molecule has 0 radical (unpaired) electrons. The molecule has 0 bridgehead atoms. The van der Waals surface area contributed by atoms with Gasteiger partial charge >= 0.3 is 0 Å². The summed E-state index contributed by atoms with van der Waals surface area (Å²) in [5.74, 6) is -0.134. The number of benzene rings is 2. The number of amides is 2. The Morgan fingerprint density at radius 1 is 1.13 bits per heavy atom. The summed E-state index contributed by atoms with van der Waals surface area (Å²) in [6, 6.07) is 14.3. The Balaban J connectivity index is 1.49. The van der Waals surface area contributed by atoms with Gasteiger partial charge in [-0.05, 0) is 61.9 Å². The van der Waals surface area contributed by atoms with Crippen molar-refractivity contribution in [1.82, 2.24) is 4.90 Å². The number of aliphatic imine (C=N–C) groups is 1. The van der Waals surface area contributed by atoms with Crippen LogP contribution in [0.15, 0.2) is 47.5 Å². The number of hydrogen-bond donors (Lipinski definition) is 1. The molecule has 6 heteroatoms. The first-order valence-corrected chi connectivity index (χ1v) is 11.4. The van der Waals surface area contributed by atoms with Gasteiger partial charge in [0.05, 0.1) is 5.69 Å². The number of carbonyl (C=O) groups excluding carboxylic acids is 2. The monoisotopic (exact) mass is 421 g/mol. The van der Waals surface area contributed by atoms with Crippen LogP contribution in [0.1, 0.15) is 42.9 Å². The van der Waals surface area contributed by atoms with Gasteiger partial charge in [0.25, 0.3) is 0 Å². The van der Waals surface area contributed by atoms with E-state index in [2.05, 4.69) is 24.4 Å². The second kappa shape index (κ2) is 8.64. The van der Waals surface area contributed by atoms with Crippen molar-refractivity contribution in [3.05, 3.63) is 59.2 Å². The number of rotatable bonds is 6. The van der Waals surface area contributed by atoms with Crippen LogP contribution in [-0.2, 0) is 16.0 Å². The fraction of sp³-hybridized carbons (Fsp3) is 0.375. The molecule has 2 aromatic rings. The Morgan fingerprint density at radius 3 is 2.40 bits per heavy atom. The first-order valence-electron chi connectivity index (χ1n) is 10.5. The molecule has 5 nitrogen and oxygen atoms in total. The predicted octanol–water partition coefficient (Wildman–Crippen LogP) is 4.99. The van der Waals surface area contributed by atoms with Gasteiger partial charge < -0.3 is 5.32 Å². The minimum absolute atomic E-state index is 0.00286. The standard InChI is InChI=1S/C24H27N3O2S/c1-4-17-8-10-18(11-9-17)25-24-27(19-12-13-19)23(29)20(30-24)14-21(28)26-22-15(2)6-5-7-16(22)3/h5-11,19-20H,4,12-14H2,1-3H3,(H,26,28)/t20-/m1/s1. The smallest absolute Gasteiger partial charge is 0.242 e. The highest BCUT2D eigenvalue weighted by atomic mass is 32.2. The fourth-order valence-corrected chi connectivity index (χ4v) is 4.86. The number of para-hydroxylation sites is 1. The third-order valence-corrected chi connectivity index (χ3v) is 6.72. The summed E-state index contributed by atoms with van der Waals surface area (Å²) in [4.78, 5) is 32.3. The number of amidine groups is 1. The van der Waals surface area contributed by atoms with Crippen molar-refractivity contribution >= 4 is 40.1 Å². The SMILES string of the molecule is CCc1ccc(N=C2S[C@H](CC(=O)Nc3c(C)cccc3C)C(=O)N2C2CC2)cc1. The van der Waals surface area contributed by atoms with Crippen molar-refractivity contribution in [2.45, 2.75) is 57.7 Å². The lowest BCUT2D eigenvalue weighted by Crippen LogP contribution is -2.35. The van der Waals surface area contributed by atoms with Crippen LogP contribution in [0.25, 0.3) is 0 Å². The van der Waals surface area contributed by atoms with Crippen molar-refractivity contribution in [3.8, 4) is 0 Å². The van der Waals surface area contributed by atoms with E-state index in [4.69, 9.17) is 4.99 Å². The van der Waals surface area contributed by atoms with E-state index in [-0.39, 0.29) is 24.3 Å². The first kappa shape index (κ1) is 20.7. The Morgan fingerprint density at radius 2 is 1.80 bits per heavy atom. The van der Waals surface area contributed by atoms with Crippen LogP contribution in [0.4, 0.5) is 11.4 Å². The maximum absolute atomic E-state index is 13.1. The molecule has 2 fully saturated rings. The summed E-state index contributed by atoms with van der Waals surface area (Å²) < 4.78 is 0. The van der Waals surface area contributed by atoms with Crippen molar-refractivity contribution in [2.75, 3.05) is 5.32 Å². The van der Waals surface area contributed by atoms with Gasteiger partial charge in [-0.15, -0.1) is 0 Å². The number of nitrogens with zero attached hydrogens (tertiary/aromatic N) is 2. The average molecular weight is 422 g/mol. The largest absolute Gasteiger partial charge is 0.326 e. The van der Waals surface area contributed by atoms with Crippen LogP contribution in [0.5, 0.6) is 0 Å². The Hall–Kier alpha value is -2.60. The molecule has 2 aromatic carbocycles. The number of thioether (sulfide) groups is 1. The van der Waals surface area contributed by atoms with Crippen LogP contribution in [0.2, 0.25) is 0 Å². The maximum atomic E-state index is 13.1. The van der Waals surface area contributed by atoms with Gasteiger partial charge in [0.15, 0.2) is 5.17 Å². The van der Waals surface area contributed by atoms with Gasteiger partial charge in [-0.2, -0.15) is 0 Å². The molecule has 156 valence electrons. The van der Waals surface area contributed by atoms with E-state index < -0.39 is 5.25 Å². The summed E-state index contributed by atoms with van der Waals surface area (Å²) in [5, 5.41) is 3.29. The normalized spacial score (nSPS) is 20.1. The van der Waals surface area contributed by atoms with E-state index in [0.717, 1.165) is 46.9 Å². The molecular weight excluding hydrogens is 394 g/mol. The first-order chi connectivity index (χ1) is 14.5. The molecular formula is C24H27N3O2S. The summed E-state index contributed by atoms with van der Waals surface area (Å²) >= 11 is 1.41. The quantitative estimate of drug-likeness (QED) is 0.715. The summed E-state index contributed by atoms with van der Waals surface area (Å²) in [5.41, 5.74) is 4.97. The third-order valence-electron chi connectivity index (χ3n) is 5.56. The lowest BCUT2D eigenvalue weighted by Gasteiger charge is -2.15. The summed E-state index contributed by atoms with van der Waals surface area (Å²) in [7, 11) is 0. The van der Waals surface area contributed by atoms with Crippen LogP contribution in [-0.4, -0.2) is 33.2 Å². The van der Waals surface area contributed by atoms with Gasteiger partial charge in [-0.25, -0.2) is 4.99 Å². The summed E-state index contributed by atoms with van der Waals surface area (Å²) in [6.45, 7) is 6.07. The predicted molar refractivity (Wildman–Crippen MR) is 123 cm³/mol. The van der Waals surface area contributed by atoms with E-state index in [1.165, 1.54) is 17.3 Å². The van der Waals surface area contributed by atoms with Gasteiger partial charge in [-0.1, -0.05) is 49.0 Å². The number of aryl methyl sites for hydroxylation is 3. The molecule has 0 unspecified atom stereocenters. The molecule has 1 atom stereocenters. The van der Waals surface area contributed by atoms with Crippen molar-refractivity contribution in [1.29, 1.82) is 0 Å². The molecule has 1 aliphatic heterocycles. The van der Waals surface area contributed by atoms with Crippen molar-refractivity contribution in [2.24, 2.45) is 4.99 Å². The van der Waals surface area contributed by atoms with Crippen LogP contribution in [0, 0.1) is 13.8 Å².